The molecule has 0 aromatic heterocycles. The molecular weight excluding hydrogens is 492 g/mol. The van der Waals surface area contributed by atoms with Crippen LogP contribution in [0.5, 0.6) is 11.5 Å². The molecule has 7 heteroatoms. The molecule has 0 spiro atoms. The van der Waals surface area contributed by atoms with Crippen molar-refractivity contribution >= 4 is 45.2 Å². The van der Waals surface area contributed by atoms with Gasteiger partial charge in [-0.15, -0.1) is 0 Å². The van der Waals surface area contributed by atoms with Crippen LogP contribution < -0.4 is 10.1 Å². The average molecular weight is 512 g/mol. The molecule has 0 aliphatic rings. The fourth-order valence-corrected chi connectivity index (χ4v) is 3.86. The minimum Gasteiger partial charge on any atom is -0.508 e. The Hall–Kier alpha value is -3.27. The molecule has 0 saturated carbocycles. The molecule has 3 aromatic rings. The molecule has 0 atom stereocenters. The lowest BCUT2D eigenvalue weighted by atomic mass is 10.0. The fourth-order valence-electron chi connectivity index (χ4n) is 3.06. The Balaban J connectivity index is 1.91. The molecule has 3 aromatic carbocycles. The number of benzene rings is 3. The normalized spacial score (nSPS) is 11.0. The van der Waals surface area contributed by atoms with E-state index in [9.17, 15) is 15.2 Å². The molecule has 0 fully saturated rings. The Bertz CT molecular complexity index is 1200. The average Bonchev–Trinajstić information content (AvgIpc) is 2.77. The monoisotopic (exact) mass is 510 g/mol. The van der Waals surface area contributed by atoms with Crippen molar-refractivity contribution in [3.8, 4) is 17.6 Å². The number of halogens is 2. The lowest BCUT2D eigenvalue weighted by molar-refractivity contribution is -0.112. The van der Waals surface area contributed by atoms with Gasteiger partial charge in [-0.1, -0.05) is 45.7 Å². The fraction of sp³-hybridized carbons (Fsp3) is 0.120. The van der Waals surface area contributed by atoms with Gasteiger partial charge in [-0.3, -0.25) is 4.79 Å². The number of nitriles is 1. The second kappa shape index (κ2) is 10.9. The number of anilines is 1. The van der Waals surface area contributed by atoms with Gasteiger partial charge in [0.1, 0.15) is 23.1 Å². The first-order valence-electron chi connectivity index (χ1n) is 9.82. The second-order valence-electron chi connectivity index (χ2n) is 6.85. The molecule has 0 aliphatic carbocycles. The zero-order chi connectivity index (χ0) is 23.1. The van der Waals surface area contributed by atoms with E-state index in [2.05, 4.69) is 21.2 Å². The molecule has 1 amide bonds. The number of aromatic hydroxyl groups is 1. The van der Waals surface area contributed by atoms with Crippen LogP contribution in [0.4, 0.5) is 5.69 Å². The summed E-state index contributed by atoms with van der Waals surface area (Å²) < 4.78 is 6.63. The number of hydrogen-bond donors (Lipinski definition) is 2. The maximum atomic E-state index is 12.6. The number of ether oxygens (including phenoxy) is 1. The highest BCUT2D eigenvalue weighted by molar-refractivity contribution is 9.10. The topological polar surface area (TPSA) is 82.3 Å². The van der Waals surface area contributed by atoms with Gasteiger partial charge in [0.2, 0.25) is 0 Å². The molecule has 32 heavy (non-hydrogen) atoms. The highest BCUT2D eigenvalue weighted by Gasteiger charge is 2.15. The highest BCUT2D eigenvalue weighted by Crippen LogP contribution is 2.33. The molecule has 0 unspecified atom stereocenters. The molecule has 0 radical (unpaired) electrons. The summed E-state index contributed by atoms with van der Waals surface area (Å²) in [7, 11) is 0. The summed E-state index contributed by atoms with van der Waals surface area (Å²) in [4.78, 5) is 12.6. The van der Waals surface area contributed by atoms with Crippen LogP contribution >= 0.6 is 27.5 Å². The summed E-state index contributed by atoms with van der Waals surface area (Å²) in [6.45, 7) is 2.35. The number of carbonyl (C=O) groups is 1. The molecule has 5 nitrogen and oxygen atoms in total. The summed E-state index contributed by atoms with van der Waals surface area (Å²) in [6, 6.07) is 19.2. The van der Waals surface area contributed by atoms with E-state index < -0.39 is 5.91 Å². The van der Waals surface area contributed by atoms with E-state index >= 15 is 0 Å². The molecule has 162 valence electrons. The number of nitrogens with zero attached hydrogens (tertiary/aromatic N) is 1. The van der Waals surface area contributed by atoms with Gasteiger partial charge in [-0.25, -0.2) is 0 Å². The van der Waals surface area contributed by atoms with Crippen molar-refractivity contribution in [2.75, 3.05) is 11.9 Å². The standard InChI is InChI=1S/C25H20BrClN2O3/c1-2-32-24-13-16(12-22(26)21(24)14-17-5-3-4-6-23(17)27)11-18(15-28)25(31)29-19-7-9-20(30)10-8-19/h3-13,30H,2,14H2,1H3,(H,29,31)/b18-11+. The van der Waals surface area contributed by atoms with Crippen molar-refractivity contribution < 1.29 is 14.6 Å². The molecular formula is C25H20BrClN2O3. The second-order valence-corrected chi connectivity index (χ2v) is 8.11. The number of phenols is 1. The van der Waals surface area contributed by atoms with Gasteiger partial charge in [0.25, 0.3) is 5.91 Å². The molecule has 0 aliphatic heterocycles. The smallest absolute Gasteiger partial charge is 0.266 e. The third-order valence-corrected chi connectivity index (χ3v) is 5.68. The number of amides is 1. The zero-order valence-electron chi connectivity index (χ0n) is 17.2. The number of phenolic OH excluding ortho intramolecular Hbond substituents is 1. The first kappa shape index (κ1) is 23.4. The van der Waals surface area contributed by atoms with Crippen molar-refractivity contribution in [3.63, 3.8) is 0 Å². The minimum absolute atomic E-state index is 0.0636. The van der Waals surface area contributed by atoms with Gasteiger partial charge in [-0.05, 0) is 66.6 Å². The summed E-state index contributed by atoms with van der Waals surface area (Å²) in [5, 5.41) is 22.2. The Labute approximate surface area is 200 Å². The summed E-state index contributed by atoms with van der Waals surface area (Å²) in [5.74, 6) is 0.181. The van der Waals surface area contributed by atoms with E-state index in [1.165, 1.54) is 18.2 Å². The minimum atomic E-state index is -0.549. The van der Waals surface area contributed by atoms with Crippen molar-refractivity contribution in [3.05, 3.63) is 92.4 Å². The predicted octanol–water partition coefficient (Wildman–Crippen LogP) is 6.34. The predicted molar refractivity (Wildman–Crippen MR) is 130 cm³/mol. The SMILES string of the molecule is CCOc1cc(/C=C(\C#N)C(=O)Nc2ccc(O)cc2)cc(Br)c1Cc1ccccc1Cl. The van der Waals surface area contributed by atoms with Crippen LogP contribution in [0.1, 0.15) is 23.6 Å². The van der Waals surface area contributed by atoms with Crippen molar-refractivity contribution in [2.45, 2.75) is 13.3 Å². The first-order chi connectivity index (χ1) is 15.4. The number of hydrogen-bond acceptors (Lipinski definition) is 4. The number of rotatable bonds is 7. The third-order valence-electron chi connectivity index (χ3n) is 4.60. The maximum absolute atomic E-state index is 12.6. The van der Waals surface area contributed by atoms with Crippen molar-refractivity contribution in [1.29, 1.82) is 5.26 Å². The summed E-state index contributed by atoms with van der Waals surface area (Å²) in [6.07, 6.45) is 2.06. The van der Waals surface area contributed by atoms with E-state index in [4.69, 9.17) is 16.3 Å². The lowest BCUT2D eigenvalue weighted by Gasteiger charge is -2.15. The zero-order valence-corrected chi connectivity index (χ0v) is 19.6. The van der Waals surface area contributed by atoms with E-state index in [1.807, 2.05) is 43.3 Å². The molecule has 0 saturated heterocycles. The van der Waals surface area contributed by atoms with Crippen molar-refractivity contribution in [2.24, 2.45) is 0 Å². The van der Waals surface area contributed by atoms with Crippen LogP contribution in [0.25, 0.3) is 6.08 Å². The van der Waals surface area contributed by atoms with Crippen LogP contribution in [0.15, 0.2) is 70.7 Å². The van der Waals surface area contributed by atoms with Crippen LogP contribution in [-0.4, -0.2) is 17.6 Å². The Morgan fingerprint density at radius 2 is 1.94 bits per heavy atom. The molecule has 0 heterocycles. The number of carbonyl (C=O) groups excluding carboxylic acids is 1. The first-order valence-corrected chi connectivity index (χ1v) is 11.0. The van der Waals surface area contributed by atoms with Gasteiger partial charge in [0.05, 0.1) is 6.61 Å². The van der Waals surface area contributed by atoms with E-state index in [0.29, 0.717) is 35.1 Å². The number of nitrogens with one attached hydrogen (secondary N) is 1. The molecule has 0 bridgehead atoms. The summed E-state index contributed by atoms with van der Waals surface area (Å²) >= 11 is 9.92. The Morgan fingerprint density at radius 3 is 2.59 bits per heavy atom. The quantitative estimate of drug-likeness (QED) is 0.220. The highest BCUT2D eigenvalue weighted by atomic mass is 79.9. The van der Waals surface area contributed by atoms with Crippen LogP contribution in [0.3, 0.4) is 0 Å². The van der Waals surface area contributed by atoms with Crippen LogP contribution in [0, 0.1) is 11.3 Å². The summed E-state index contributed by atoms with van der Waals surface area (Å²) in [5.41, 5.74) is 2.93. The van der Waals surface area contributed by atoms with E-state index in [-0.39, 0.29) is 11.3 Å². The van der Waals surface area contributed by atoms with Gasteiger partial charge in [-0.2, -0.15) is 5.26 Å². The van der Waals surface area contributed by atoms with Gasteiger partial charge < -0.3 is 15.2 Å². The van der Waals surface area contributed by atoms with Crippen LogP contribution in [-0.2, 0) is 11.2 Å². The maximum Gasteiger partial charge on any atom is 0.266 e. The van der Waals surface area contributed by atoms with Gasteiger partial charge in [0.15, 0.2) is 0 Å². The van der Waals surface area contributed by atoms with E-state index in [0.717, 1.165) is 15.6 Å². The molecule has 3 rings (SSSR count). The Morgan fingerprint density at radius 1 is 1.22 bits per heavy atom. The van der Waals surface area contributed by atoms with Crippen LogP contribution in [0.2, 0.25) is 5.02 Å². The third kappa shape index (κ3) is 5.91. The molecule has 2 N–H and O–H groups in total. The largest absolute Gasteiger partial charge is 0.508 e. The van der Waals surface area contributed by atoms with Gasteiger partial charge in [0, 0.05) is 27.2 Å². The van der Waals surface area contributed by atoms with Gasteiger partial charge >= 0.3 is 0 Å². The Kier molecular flexibility index (Phi) is 7.93. The van der Waals surface area contributed by atoms with E-state index in [1.54, 1.807) is 18.2 Å². The van der Waals surface area contributed by atoms with Crippen molar-refractivity contribution in [1.82, 2.24) is 0 Å². The lowest BCUT2D eigenvalue weighted by Crippen LogP contribution is -2.13.